The molecule has 3 aliphatic rings. The second-order valence-electron chi connectivity index (χ2n) is 9.27. The first kappa shape index (κ1) is 18.6. The normalized spacial score (nSPS) is 24.5. The van der Waals surface area contributed by atoms with Gasteiger partial charge in [-0.1, -0.05) is 41.9 Å². The summed E-state index contributed by atoms with van der Waals surface area (Å²) in [5.41, 5.74) is 3.41. The van der Waals surface area contributed by atoms with E-state index >= 15 is 0 Å². The molecule has 0 amide bonds. The molecule has 0 radical (unpaired) electrons. The lowest BCUT2D eigenvalue weighted by Crippen LogP contribution is -2.47. The standard InChI is InChI=1S/C24H28ClN5/c25-23-21(8-9-30-22(14-17-6-7-17)26-27-24(23)30)29-12-10-28(11-13-29)16-19-15-20(19)18-4-2-1-3-5-18/h1-5,8-9,17,19-20H,6-7,10-16H2. The third kappa shape index (κ3) is 3.58. The van der Waals surface area contributed by atoms with E-state index in [1.54, 1.807) is 0 Å². The Balaban J connectivity index is 1.09. The zero-order valence-electron chi connectivity index (χ0n) is 17.3. The van der Waals surface area contributed by atoms with Crippen molar-refractivity contribution in [2.24, 2.45) is 11.8 Å². The minimum absolute atomic E-state index is 0.742. The number of fused-ring (bicyclic) bond motifs is 1. The maximum atomic E-state index is 6.78. The van der Waals surface area contributed by atoms with Gasteiger partial charge >= 0.3 is 0 Å². The number of piperazine rings is 1. The Morgan fingerprint density at radius 2 is 1.77 bits per heavy atom. The number of hydrogen-bond acceptors (Lipinski definition) is 4. The monoisotopic (exact) mass is 421 g/mol. The highest BCUT2D eigenvalue weighted by Crippen LogP contribution is 2.47. The van der Waals surface area contributed by atoms with Gasteiger partial charge in [-0.25, -0.2) is 0 Å². The van der Waals surface area contributed by atoms with Crippen LogP contribution in [-0.4, -0.2) is 52.2 Å². The van der Waals surface area contributed by atoms with Gasteiger partial charge in [0.2, 0.25) is 0 Å². The number of nitrogens with zero attached hydrogens (tertiary/aromatic N) is 5. The van der Waals surface area contributed by atoms with Gasteiger partial charge < -0.3 is 4.90 Å². The molecular weight excluding hydrogens is 394 g/mol. The molecule has 6 heteroatoms. The second-order valence-corrected chi connectivity index (χ2v) is 9.65. The molecule has 5 nitrogen and oxygen atoms in total. The summed E-state index contributed by atoms with van der Waals surface area (Å²) in [4.78, 5) is 5.04. The molecule has 1 aromatic carbocycles. The molecule has 0 spiro atoms. The van der Waals surface area contributed by atoms with Crippen molar-refractivity contribution >= 4 is 22.9 Å². The first-order valence-corrected chi connectivity index (χ1v) is 11.7. The Kier molecular flexibility index (Phi) is 4.69. The van der Waals surface area contributed by atoms with E-state index in [9.17, 15) is 0 Å². The summed E-state index contributed by atoms with van der Waals surface area (Å²) in [6, 6.07) is 13.1. The van der Waals surface area contributed by atoms with Crippen LogP contribution in [0.1, 0.15) is 36.6 Å². The van der Waals surface area contributed by atoms with E-state index in [1.807, 2.05) is 0 Å². The molecule has 2 saturated carbocycles. The van der Waals surface area contributed by atoms with Crippen molar-refractivity contribution in [1.29, 1.82) is 0 Å². The fourth-order valence-corrected chi connectivity index (χ4v) is 5.30. The van der Waals surface area contributed by atoms with Crippen molar-refractivity contribution in [3.05, 3.63) is 59.0 Å². The van der Waals surface area contributed by atoms with Gasteiger partial charge in [-0.2, -0.15) is 0 Å². The highest BCUT2D eigenvalue weighted by atomic mass is 35.5. The molecule has 2 aliphatic carbocycles. The minimum atomic E-state index is 0.742. The van der Waals surface area contributed by atoms with Crippen LogP contribution in [-0.2, 0) is 6.42 Å². The molecule has 3 fully saturated rings. The predicted molar refractivity (Wildman–Crippen MR) is 120 cm³/mol. The first-order valence-electron chi connectivity index (χ1n) is 11.3. The number of pyridine rings is 1. The smallest absolute Gasteiger partial charge is 0.181 e. The summed E-state index contributed by atoms with van der Waals surface area (Å²) in [7, 11) is 0. The van der Waals surface area contributed by atoms with Crippen LogP contribution in [0.5, 0.6) is 0 Å². The number of rotatable bonds is 6. The summed E-state index contributed by atoms with van der Waals surface area (Å²) in [5.74, 6) is 3.42. The summed E-state index contributed by atoms with van der Waals surface area (Å²) < 4.78 is 2.08. The Labute approximate surface area is 182 Å². The van der Waals surface area contributed by atoms with Crippen LogP contribution in [0.25, 0.3) is 5.65 Å². The molecule has 0 N–H and O–H groups in total. The van der Waals surface area contributed by atoms with Gasteiger partial charge in [0, 0.05) is 45.3 Å². The number of hydrogen-bond donors (Lipinski definition) is 0. The van der Waals surface area contributed by atoms with E-state index in [0.717, 1.165) is 72.5 Å². The van der Waals surface area contributed by atoms with Crippen LogP contribution in [0.4, 0.5) is 5.69 Å². The van der Waals surface area contributed by atoms with E-state index in [2.05, 4.69) is 67.0 Å². The van der Waals surface area contributed by atoms with Crippen molar-refractivity contribution in [3.63, 3.8) is 0 Å². The molecule has 2 unspecified atom stereocenters. The average molecular weight is 422 g/mol. The zero-order chi connectivity index (χ0) is 20.1. The van der Waals surface area contributed by atoms with Crippen LogP contribution in [0, 0.1) is 11.8 Å². The fourth-order valence-electron chi connectivity index (χ4n) is 4.99. The topological polar surface area (TPSA) is 36.7 Å². The van der Waals surface area contributed by atoms with Crippen molar-refractivity contribution < 1.29 is 0 Å². The van der Waals surface area contributed by atoms with E-state index in [0.29, 0.717) is 0 Å². The van der Waals surface area contributed by atoms with Crippen molar-refractivity contribution in [2.45, 2.75) is 31.6 Å². The summed E-state index contributed by atoms with van der Waals surface area (Å²) in [6.45, 7) is 5.44. The van der Waals surface area contributed by atoms with Crippen molar-refractivity contribution in [2.75, 3.05) is 37.6 Å². The van der Waals surface area contributed by atoms with Gasteiger partial charge in [-0.3, -0.25) is 9.30 Å². The fraction of sp³-hybridized carbons (Fsp3) is 0.500. The first-order chi connectivity index (χ1) is 14.8. The van der Waals surface area contributed by atoms with Crippen molar-refractivity contribution in [1.82, 2.24) is 19.5 Å². The molecule has 3 aromatic rings. The van der Waals surface area contributed by atoms with Gasteiger partial charge in [0.05, 0.1) is 5.69 Å². The van der Waals surface area contributed by atoms with Crippen LogP contribution < -0.4 is 4.90 Å². The van der Waals surface area contributed by atoms with Crippen LogP contribution in [0.15, 0.2) is 42.6 Å². The number of aromatic nitrogens is 3. The van der Waals surface area contributed by atoms with Crippen molar-refractivity contribution in [3.8, 4) is 0 Å². The Bertz CT molecular complexity index is 1040. The van der Waals surface area contributed by atoms with Gasteiger partial charge in [-0.15, -0.1) is 10.2 Å². The average Bonchev–Trinajstić information content (AvgIpc) is 3.69. The van der Waals surface area contributed by atoms with Gasteiger partial charge in [0.25, 0.3) is 0 Å². The lowest BCUT2D eigenvalue weighted by molar-refractivity contribution is 0.246. The summed E-state index contributed by atoms with van der Waals surface area (Å²) >= 11 is 6.78. The Morgan fingerprint density at radius 1 is 0.967 bits per heavy atom. The SMILES string of the molecule is Clc1c(N2CCN(CC3CC3c3ccccc3)CC2)ccn2c(CC3CC3)nnc12. The molecule has 1 aliphatic heterocycles. The second kappa shape index (κ2) is 7.54. The molecule has 2 atom stereocenters. The molecular formula is C24H28ClN5. The number of halogens is 1. The largest absolute Gasteiger partial charge is 0.368 e. The molecule has 1 saturated heterocycles. The quantitative estimate of drug-likeness (QED) is 0.595. The van der Waals surface area contributed by atoms with E-state index in [-0.39, 0.29) is 0 Å². The van der Waals surface area contributed by atoms with E-state index < -0.39 is 0 Å². The molecule has 30 heavy (non-hydrogen) atoms. The molecule has 156 valence electrons. The third-order valence-electron chi connectivity index (χ3n) is 7.09. The lowest BCUT2D eigenvalue weighted by atomic mass is 10.1. The zero-order valence-corrected chi connectivity index (χ0v) is 18.0. The Morgan fingerprint density at radius 3 is 2.53 bits per heavy atom. The van der Waals surface area contributed by atoms with Gasteiger partial charge in [0.1, 0.15) is 10.8 Å². The molecule has 3 heterocycles. The van der Waals surface area contributed by atoms with E-state index in [4.69, 9.17) is 11.6 Å². The molecule has 6 rings (SSSR count). The summed E-state index contributed by atoms with van der Waals surface area (Å²) in [6.07, 6.45) is 7.09. The van der Waals surface area contributed by atoms with Crippen LogP contribution in [0.2, 0.25) is 5.02 Å². The maximum absolute atomic E-state index is 6.78. The lowest BCUT2D eigenvalue weighted by Gasteiger charge is -2.36. The van der Waals surface area contributed by atoms with Crippen LogP contribution in [0.3, 0.4) is 0 Å². The third-order valence-corrected chi connectivity index (χ3v) is 7.46. The maximum Gasteiger partial charge on any atom is 0.181 e. The molecule has 0 bridgehead atoms. The number of anilines is 1. The highest BCUT2D eigenvalue weighted by Gasteiger charge is 2.39. The van der Waals surface area contributed by atoms with Crippen LogP contribution >= 0.6 is 11.6 Å². The van der Waals surface area contributed by atoms with Gasteiger partial charge in [-0.05, 0) is 48.6 Å². The van der Waals surface area contributed by atoms with Gasteiger partial charge in [0.15, 0.2) is 5.65 Å². The molecule has 2 aromatic heterocycles. The summed E-state index contributed by atoms with van der Waals surface area (Å²) in [5, 5.41) is 9.55. The Hall–Kier alpha value is -2.11. The predicted octanol–water partition coefficient (Wildman–Crippen LogP) is 4.26. The van der Waals surface area contributed by atoms with E-state index in [1.165, 1.54) is 31.4 Å². The number of benzene rings is 1. The minimum Gasteiger partial charge on any atom is -0.368 e. The highest BCUT2D eigenvalue weighted by molar-refractivity contribution is 6.36.